The molecule has 0 spiro atoms. The third-order valence-electron chi connectivity index (χ3n) is 2.38. The minimum absolute atomic E-state index is 0.0488. The second-order valence-electron chi connectivity index (χ2n) is 3.53. The molecule has 1 aliphatic heterocycles. The second kappa shape index (κ2) is 5.59. The van der Waals surface area contributed by atoms with Crippen LogP contribution >= 0.6 is 0 Å². The second-order valence-corrected chi connectivity index (χ2v) is 3.53. The van der Waals surface area contributed by atoms with Crippen molar-refractivity contribution in [3.63, 3.8) is 0 Å². The number of carbonyl (C=O) groups is 2. The molecule has 4 N–H and O–H groups in total. The summed E-state index contributed by atoms with van der Waals surface area (Å²) in [5.74, 6) is -0.229. The normalized spacial score (nSPS) is 17.7. The Morgan fingerprint density at radius 1 is 1.36 bits per heavy atom. The Kier molecular flexibility index (Phi) is 4.39. The van der Waals surface area contributed by atoms with Gasteiger partial charge in [-0.2, -0.15) is 0 Å². The summed E-state index contributed by atoms with van der Waals surface area (Å²) in [6.07, 6.45) is 1.97. The summed E-state index contributed by atoms with van der Waals surface area (Å²) in [5.41, 5.74) is 4.96. The number of rotatable bonds is 4. The van der Waals surface area contributed by atoms with Crippen molar-refractivity contribution in [3.05, 3.63) is 0 Å². The first-order valence-electron chi connectivity index (χ1n) is 4.97. The fourth-order valence-electron chi connectivity index (χ4n) is 1.54. The molecule has 14 heavy (non-hydrogen) atoms. The Hall–Kier alpha value is -1.10. The number of piperidine rings is 1. The van der Waals surface area contributed by atoms with Gasteiger partial charge < -0.3 is 16.4 Å². The molecule has 0 aromatic rings. The molecule has 0 unspecified atom stereocenters. The van der Waals surface area contributed by atoms with Gasteiger partial charge in [-0.05, 0) is 25.9 Å². The molecule has 1 rings (SSSR count). The van der Waals surface area contributed by atoms with Crippen LogP contribution in [0.5, 0.6) is 0 Å². The van der Waals surface area contributed by atoms with E-state index in [0.717, 1.165) is 25.9 Å². The molecule has 0 aliphatic carbocycles. The van der Waals surface area contributed by atoms with Crippen LogP contribution in [0.3, 0.4) is 0 Å². The van der Waals surface area contributed by atoms with Gasteiger partial charge >= 0.3 is 0 Å². The lowest BCUT2D eigenvalue weighted by atomic mass is 9.97. The Labute approximate surface area is 83.4 Å². The highest BCUT2D eigenvalue weighted by Gasteiger charge is 2.20. The summed E-state index contributed by atoms with van der Waals surface area (Å²) < 4.78 is 0. The molecule has 1 heterocycles. The van der Waals surface area contributed by atoms with Gasteiger partial charge in [0.25, 0.3) is 0 Å². The zero-order valence-corrected chi connectivity index (χ0v) is 8.21. The van der Waals surface area contributed by atoms with E-state index in [1.807, 2.05) is 0 Å². The zero-order valence-electron chi connectivity index (χ0n) is 8.21. The number of nitrogens with one attached hydrogen (secondary N) is 2. The Balaban J connectivity index is 2.16. The SMILES string of the molecule is NC(=O)CCNC(=O)C1CCNCC1. The summed E-state index contributed by atoms with van der Waals surface area (Å²) >= 11 is 0. The first kappa shape index (κ1) is 11.0. The van der Waals surface area contributed by atoms with Crippen LogP contribution < -0.4 is 16.4 Å². The predicted molar refractivity (Wildman–Crippen MR) is 52.4 cm³/mol. The first-order valence-corrected chi connectivity index (χ1v) is 4.97. The molecule has 5 nitrogen and oxygen atoms in total. The number of amides is 2. The standard InChI is InChI=1S/C9H17N3O2/c10-8(13)3-6-12-9(14)7-1-4-11-5-2-7/h7,11H,1-6H2,(H2,10,13)(H,12,14). The summed E-state index contributed by atoms with van der Waals surface area (Å²) in [6.45, 7) is 2.15. The van der Waals surface area contributed by atoms with Gasteiger partial charge in [-0.3, -0.25) is 9.59 Å². The van der Waals surface area contributed by atoms with Crippen LogP contribution in [0.1, 0.15) is 19.3 Å². The molecule has 0 saturated carbocycles. The quantitative estimate of drug-likeness (QED) is 0.541. The zero-order chi connectivity index (χ0) is 10.4. The van der Waals surface area contributed by atoms with Crippen molar-refractivity contribution >= 4 is 11.8 Å². The topological polar surface area (TPSA) is 84.2 Å². The Morgan fingerprint density at radius 3 is 2.57 bits per heavy atom. The van der Waals surface area contributed by atoms with E-state index in [4.69, 9.17) is 5.73 Å². The lowest BCUT2D eigenvalue weighted by Crippen LogP contribution is -2.39. The van der Waals surface area contributed by atoms with Crippen molar-refractivity contribution in [3.8, 4) is 0 Å². The lowest BCUT2D eigenvalue weighted by Gasteiger charge is -2.21. The maximum atomic E-state index is 11.5. The van der Waals surface area contributed by atoms with Crippen LogP contribution in [-0.2, 0) is 9.59 Å². The van der Waals surface area contributed by atoms with Gasteiger partial charge in [-0.25, -0.2) is 0 Å². The van der Waals surface area contributed by atoms with Gasteiger partial charge in [0.05, 0.1) is 0 Å². The number of hydrogen-bond donors (Lipinski definition) is 3. The third-order valence-corrected chi connectivity index (χ3v) is 2.38. The van der Waals surface area contributed by atoms with Gasteiger partial charge in [0.2, 0.25) is 11.8 Å². The molecule has 1 fully saturated rings. The van der Waals surface area contributed by atoms with Crippen molar-refractivity contribution in [1.29, 1.82) is 0 Å². The van der Waals surface area contributed by atoms with E-state index in [1.54, 1.807) is 0 Å². The largest absolute Gasteiger partial charge is 0.370 e. The van der Waals surface area contributed by atoms with E-state index in [2.05, 4.69) is 10.6 Å². The van der Waals surface area contributed by atoms with E-state index < -0.39 is 0 Å². The minimum Gasteiger partial charge on any atom is -0.370 e. The predicted octanol–water partition coefficient (Wildman–Crippen LogP) is -1.02. The van der Waals surface area contributed by atoms with Gasteiger partial charge in [0, 0.05) is 18.9 Å². The first-order chi connectivity index (χ1) is 6.70. The number of primary amides is 1. The number of hydrogen-bond acceptors (Lipinski definition) is 3. The number of carbonyl (C=O) groups excluding carboxylic acids is 2. The maximum absolute atomic E-state index is 11.5. The summed E-state index contributed by atoms with van der Waals surface area (Å²) in [7, 11) is 0. The maximum Gasteiger partial charge on any atom is 0.223 e. The van der Waals surface area contributed by atoms with E-state index in [-0.39, 0.29) is 24.2 Å². The van der Waals surface area contributed by atoms with Gasteiger partial charge in [0.1, 0.15) is 0 Å². The van der Waals surface area contributed by atoms with Crippen molar-refractivity contribution in [2.75, 3.05) is 19.6 Å². The van der Waals surface area contributed by atoms with Gasteiger partial charge in [-0.15, -0.1) is 0 Å². The Bertz CT molecular complexity index is 212. The molecule has 80 valence electrons. The van der Waals surface area contributed by atoms with Crippen molar-refractivity contribution in [2.24, 2.45) is 11.7 Å². The molecule has 5 heteroatoms. The average molecular weight is 199 g/mol. The monoisotopic (exact) mass is 199 g/mol. The fraction of sp³-hybridized carbons (Fsp3) is 0.778. The molecule has 0 bridgehead atoms. The van der Waals surface area contributed by atoms with E-state index in [9.17, 15) is 9.59 Å². The smallest absolute Gasteiger partial charge is 0.223 e. The molecular weight excluding hydrogens is 182 g/mol. The lowest BCUT2D eigenvalue weighted by molar-refractivity contribution is -0.125. The van der Waals surface area contributed by atoms with E-state index in [1.165, 1.54) is 0 Å². The molecule has 0 aromatic heterocycles. The van der Waals surface area contributed by atoms with E-state index in [0.29, 0.717) is 6.54 Å². The van der Waals surface area contributed by atoms with Gasteiger partial charge in [0.15, 0.2) is 0 Å². The molecular formula is C9H17N3O2. The molecule has 0 radical (unpaired) electrons. The summed E-state index contributed by atoms with van der Waals surface area (Å²) in [6, 6.07) is 0. The highest BCUT2D eigenvalue weighted by atomic mass is 16.2. The highest BCUT2D eigenvalue weighted by Crippen LogP contribution is 2.10. The van der Waals surface area contributed by atoms with Crippen LogP contribution in [0, 0.1) is 5.92 Å². The highest BCUT2D eigenvalue weighted by molar-refractivity contribution is 5.80. The molecule has 2 amide bonds. The van der Waals surface area contributed by atoms with Crippen LogP contribution in [0.2, 0.25) is 0 Å². The fourth-order valence-corrected chi connectivity index (χ4v) is 1.54. The van der Waals surface area contributed by atoms with Crippen molar-refractivity contribution in [1.82, 2.24) is 10.6 Å². The van der Waals surface area contributed by atoms with Gasteiger partial charge in [-0.1, -0.05) is 0 Å². The number of nitrogens with two attached hydrogens (primary N) is 1. The minimum atomic E-state index is -0.379. The van der Waals surface area contributed by atoms with Crippen LogP contribution in [-0.4, -0.2) is 31.4 Å². The van der Waals surface area contributed by atoms with Crippen molar-refractivity contribution in [2.45, 2.75) is 19.3 Å². The Morgan fingerprint density at radius 2 is 2.00 bits per heavy atom. The molecule has 0 atom stereocenters. The van der Waals surface area contributed by atoms with Crippen LogP contribution in [0.4, 0.5) is 0 Å². The van der Waals surface area contributed by atoms with Crippen LogP contribution in [0.25, 0.3) is 0 Å². The molecule has 0 aromatic carbocycles. The summed E-state index contributed by atoms with van der Waals surface area (Å²) in [5, 5.41) is 5.91. The average Bonchev–Trinajstić information content (AvgIpc) is 2.18. The summed E-state index contributed by atoms with van der Waals surface area (Å²) in [4.78, 5) is 21.9. The molecule has 1 saturated heterocycles. The molecule has 1 aliphatic rings. The van der Waals surface area contributed by atoms with Crippen LogP contribution in [0.15, 0.2) is 0 Å². The van der Waals surface area contributed by atoms with Crippen molar-refractivity contribution < 1.29 is 9.59 Å². The third kappa shape index (κ3) is 3.74. The van der Waals surface area contributed by atoms with E-state index >= 15 is 0 Å².